The molecule has 0 aliphatic carbocycles. The Morgan fingerprint density at radius 2 is 1.83 bits per heavy atom. The quantitative estimate of drug-likeness (QED) is 0.273. The van der Waals surface area contributed by atoms with Crippen LogP contribution >= 0.6 is 23.5 Å². The summed E-state index contributed by atoms with van der Waals surface area (Å²) in [5.74, 6) is 2.18. The zero-order valence-corrected chi connectivity index (χ0v) is 29.1. The van der Waals surface area contributed by atoms with Crippen LogP contribution in [0.3, 0.4) is 0 Å². The van der Waals surface area contributed by atoms with Crippen LogP contribution in [0.15, 0.2) is 40.2 Å². The van der Waals surface area contributed by atoms with Gasteiger partial charge in [0.25, 0.3) is 17.3 Å². The van der Waals surface area contributed by atoms with E-state index in [9.17, 15) is 22.8 Å². The lowest BCUT2D eigenvalue weighted by Crippen LogP contribution is -2.49. The van der Waals surface area contributed by atoms with Crippen LogP contribution in [-0.2, 0) is 6.54 Å². The lowest BCUT2D eigenvalue weighted by molar-refractivity contribution is -0.159. The third kappa shape index (κ3) is 7.30. The summed E-state index contributed by atoms with van der Waals surface area (Å²) in [6.07, 6.45) is 0.339. The molecule has 1 unspecified atom stereocenters. The summed E-state index contributed by atoms with van der Waals surface area (Å²) in [6.45, 7) is 6.91. The molecule has 9 nitrogen and oxygen atoms in total. The molecule has 3 aromatic rings. The lowest BCUT2D eigenvalue weighted by atomic mass is 9.89. The summed E-state index contributed by atoms with van der Waals surface area (Å²) >= 11 is 3.36. The topological polar surface area (TPSA) is 99.8 Å². The summed E-state index contributed by atoms with van der Waals surface area (Å²) in [5.41, 5.74) is 3.26. The molecule has 0 radical (unpaired) electrons. The van der Waals surface area contributed by atoms with Gasteiger partial charge in [0, 0.05) is 88.6 Å². The fourth-order valence-corrected chi connectivity index (χ4v) is 8.30. The molecule has 0 spiro atoms. The van der Waals surface area contributed by atoms with Gasteiger partial charge in [0.2, 0.25) is 0 Å². The minimum absolute atomic E-state index is 0.0342. The molecule has 1 atom stereocenters. The van der Waals surface area contributed by atoms with E-state index in [1.165, 1.54) is 16.7 Å². The van der Waals surface area contributed by atoms with Crippen LogP contribution in [0.1, 0.15) is 46.9 Å². The number of hydrogen-bond donors (Lipinski definition) is 2. The maximum Gasteiger partial charge on any atom is 0.401 e. The number of fused-ring (bicyclic) bond motifs is 1. The Morgan fingerprint density at radius 3 is 2.48 bits per heavy atom. The zero-order valence-electron chi connectivity index (χ0n) is 27.5. The highest BCUT2D eigenvalue weighted by atomic mass is 32.2. The Morgan fingerprint density at radius 1 is 1.12 bits per heavy atom. The van der Waals surface area contributed by atoms with Crippen LogP contribution in [0.4, 0.5) is 19.0 Å². The molecule has 258 valence electrons. The number of aryl methyl sites for hydroxylation is 1. The molecular formula is C34H40F3N5O4S2. The summed E-state index contributed by atoms with van der Waals surface area (Å²) in [5, 5.41) is 2.93. The van der Waals surface area contributed by atoms with Crippen molar-refractivity contribution in [2.45, 2.75) is 57.0 Å². The fraction of sp³-hybridized carbons (Fsp3) is 0.500. The molecule has 0 saturated carbocycles. The summed E-state index contributed by atoms with van der Waals surface area (Å²) in [6, 6.07) is 7.58. The molecule has 14 heteroatoms. The average Bonchev–Trinajstić information content (AvgIpc) is 3.43. The predicted molar refractivity (Wildman–Crippen MR) is 184 cm³/mol. The van der Waals surface area contributed by atoms with Crippen LogP contribution in [0.25, 0.3) is 11.1 Å². The van der Waals surface area contributed by atoms with Gasteiger partial charge in [0.1, 0.15) is 5.82 Å². The molecule has 0 bridgehead atoms. The largest absolute Gasteiger partial charge is 0.448 e. The molecule has 3 aliphatic rings. The normalized spacial score (nSPS) is 20.3. The molecule has 2 aromatic heterocycles. The molecule has 6 rings (SSSR count). The Bertz CT molecular complexity index is 1720. The standard InChI is InChI=1S/C34H40F3N5O4S2/c1-20-15-27(47-4)26(32(44)40-20)18-39-31(43)24-16-25(22-5-6-28(38-17-22)42-11-13-48-14-12-42)30-29(21(24)2)45-33(3,46-30)23-7-9-41(10-8-23)19-34(35,36)37/h5-6,15-17,23H,7-14,18-19H2,1-4H3,(H,39,43)(H,40,44). The molecule has 5 heterocycles. The number of hydrogen-bond acceptors (Lipinski definition) is 9. The highest BCUT2D eigenvalue weighted by Crippen LogP contribution is 2.52. The van der Waals surface area contributed by atoms with Crippen molar-refractivity contribution in [1.82, 2.24) is 20.2 Å². The van der Waals surface area contributed by atoms with E-state index in [0.29, 0.717) is 46.6 Å². The Labute approximate surface area is 286 Å². The van der Waals surface area contributed by atoms with Gasteiger partial charge in [0.15, 0.2) is 11.5 Å². The number of aromatic nitrogens is 2. The molecular weight excluding hydrogens is 664 g/mol. The Hall–Kier alpha value is -3.36. The monoisotopic (exact) mass is 703 g/mol. The van der Waals surface area contributed by atoms with E-state index in [4.69, 9.17) is 14.5 Å². The van der Waals surface area contributed by atoms with E-state index in [0.717, 1.165) is 46.6 Å². The number of aromatic amines is 1. The third-order valence-electron chi connectivity index (χ3n) is 9.34. The maximum atomic E-state index is 13.8. The van der Waals surface area contributed by atoms with Crippen LogP contribution in [-0.4, -0.2) is 83.2 Å². The van der Waals surface area contributed by atoms with Crippen molar-refractivity contribution in [3.63, 3.8) is 0 Å². The number of rotatable bonds is 8. The van der Waals surface area contributed by atoms with Crippen molar-refractivity contribution in [3.8, 4) is 22.6 Å². The smallest absolute Gasteiger partial charge is 0.401 e. The maximum absolute atomic E-state index is 13.8. The number of carbonyl (C=O) groups is 1. The summed E-state index contributed by atoms with van der Waals surface area (Å²) in [4.78, 5) is 38.6. The number of anilines is 1. The third-order valence-corrected chi connectivity index (χ3v) is 11.1. The molecule has 3 aliphatic heterocycles. The first-order valence-corrected chi connectivity index (χ1v) is 18.4. The predicted octanol–water partition coefficient (Wildman–Crippen LogP) is 6.02. The van der Waals surface area contributed by atoms with Crippen molar-refractivity contribution in [3.05, 3.63) is 63.2 Å². The van der Waals surface area contributed by atoms with Gasteiger partial charge in [-0.3, -0.25) is 14.5 Å². The van der Waals surface area contributed by atoms with Gasteiger partial charge in [-0.2, -0.15) is 24.9 Å². The van der Waals surface area contributed by atoms with Crippen molar-refractivity contribution in [1.29, 1.82) is 0 Å². The highest BCUT2D eigenvalue weighted by Gasteiger charge is 2.48. The highest BCUT2D eigenvalue weighted by molar-refractivity contribution is 7.99. The minimum Gasteiger partial charge on any atom is -0.448 e. The molecule has 48 heavy (non-hydrogen) atoms. The average molecular weight is 704 g/mol. The number of pyridine rings is 2. The van der Waals surface area contributed by atoms with Gasteiger partial charge in [-0.1, -0.05) is 0 Å². The number of thioether (sulfide) groups is 2. The lowest BCUT2D eigenvalue weighted by Gasteiger charge is -2.39. The second kappa shape index (κ2) is 13.9. The number of piperidine rings is 1. The van der Waals surface area contributed by atoms with Crippen molar-refractivity contribution in [2.24, 2.45) is 5.92 Å². The van der Waals surface area contributed by atoms with E-state index >= 15 is 0 Å². The Kier molecular flexibility index (Phi) is 9.97. The van der Waals surface area contributed by atoms with Gasteiger partial charge in [0.05, 0.1) is 6.54 Å². The first-order valence-electron chi connectivity index (χ1n) is 16.0. The number of H-pyrrole nitrogens is 1. The van der Waals surface area contributed by atoms with Crippen molar-refractivity contribution >= 4 is 35.2 Å². The summed E-state index contributed by atoms with van der Waals surface area (Å²) in [7, 11) is 0. The van der Waals surface area contributed by atoms with Gasteiger partial charge >= 0.3 is 6.18 Å². The number of halogens is 3. The number of nitrogens with zero attached hydrogens (tertiary/aromatic N) is 3. The van der Waals surface area contributed by atoms with Gasteiger partial charge < -0.3 is 24.7 Å². The first-order chi connectivity index (χ1) is 22.8. The molecule has 1 aromatic carbocycles. The first kappa shape index (κ1) is 34.5. The van der Waals surface area contributed by atoms with Crippen molar-refractivity contribution < 1.29 is 27.4 Å². The number of alkyl halides is 3. The Balaban J connectivity index is 1.31. The van der Waals surface area contributed by atoms with Gasteiger partial charge in [-0.15, -0.1) is 11.8 Å². The SMILES string of the molecule is CSc1cc(C)[nH]c(=O)c1CNC(=O)c1cc(-c2ccc(N3CCSCC3)nc2)c2c(c1C)OC(C)(C1CCN(CC(F)(F)F)CC1)O2. The second-order valence-corrected chi connectivity index (χ2v) is 14.7. The molecule has 2 fully saturated rings. The minimum atomic E-state index is -4.25. The van der Waals surface area contributed by atoms with E-state index in [2.05, 4.69) is 15.2 Å². The fourth-order valence-electron chi connectivity index (χ4n) is 6.69. The number of likely N-dealkylation sites (tertiary alicyclic amines) is 1. The number of nitrogens with one attached hydrogen (secondary N) is 2. The number of carbonyl (C=O) groups excluding carboxylic acids is 1. The van der Waals surface area contributed by atoms with Crippen LogP contribution < -0.4 is 25.2 Å². The number of ether oxygens (including phenoxy) is 2. The van der Waals surface area contributed by atoms with Crippen LogP contribution in [0.2, 0.25) is 0 Å². The van der Waals surface area contributed by atoms with E-state index < -0.39 is 18.5 Å². The molecule has 2 saturated heterocycles. The van der Waals surface area contributed by atoms with Crippen LogP contribution in [0.5, 0.6) is 11.5 Å². The van der Waals surface area contributed by atoms with Gasteiger partial charge in [-0.25, -0.2) is 4.98 Å². The van der Waals surface area contributed by atoms with Crippen LogP contribution in [0, 0.1) is 19.8 Å². The van der Waals surface area contributed by atoms with Crippen molar-refractivity contribution in [2.75, 3.05) is 55.4 Å². The molecule has 2 N–H and O–H groups in total. The molecule has 1 amide bonds. The second-order valence-electron chi connectivity index (χ2n) is 12.7. The summed E-state index contributed by atoms with van der Waals surface area (Å²) < 4.78 is 52.3. The van der Waals surface area contributed by atoms with E-state index in [1.807, 2.05) is 50.1 Å². The number of benzene rings is 1. The van der Waals surface area contributed by atoms with E-state index in [-0.39, 0.29) is 37.0 Å². The number of amides is 1. The van der Waals surface area contributed by atoms with Gasteiger partial charge in [-0.05, 0) is 70.3 Å². The van der Waals surface area contributed by atoms with E-state index in [1.54, 1.807) is 19.2 Å². The zero-order chi connectivity index (χ0) is 34.2.